The average Bonchev–Trinajstić information content (AvgIpc) is 2.36. The van der Waals surface area contributed by atoms with Gasteiger partial charge in [-0.2, -0.15) is 17.0 Å². The van der Waals surface area contributed by atoms with E-state index < -0.39 is 17.8 Å². The number of nitrogens with zero attached hydrogens (tertiary/aromatic N) is 1. The minimum absolute atomic E-state index is 0.280. The summed E-state index contributed by atoms with van der Waals surface area (Å²) in [4.78, 5) is 11.0. The lowest BCUT2D eigenvalue weighted by atomic mass is 10.1. The maximum absolute atomic E-state index is 13.1. The maximum Gasteiger partial charge on any atom is 0.323 e. The Labute approximate surface area is 109 Å². The minimum Gasteiger partial charge on any atom is -0.468 e. The molecule has 1 rings (SSSR count). The molecule has 0 aliphatic heterocycles. The van der Waals surface area contributed by atoms with Crippen LogP contribution < -0.4 is 5.73 Å². The van der Waals surface area contributed by atoms with Crippen molar-refractivity contribution in [3.63, 3.8) is 0 Å². The van der Waals surface area contributed by atoms with Crippen LogP contribution in [0, 0.1) is 17.1 Å². The molecule has 1 unspecified atom stereocenters. The summed E-state index contributed by atoms with van der Waals surface area (Å²) in [5.41, 5.74) is 6.53. The first-order valence-electron chi connectivity index (χ1n) is 5.17. The van der Waals surface area contributed by atoms with Crippen LogP contribution in [0.25, 0.3) is 0 Å². The second kappa shape index (κ2) is 6.99. The Morgan fingerprint density at radius 3 is 2.94 bits per heavy atom. The van der Waals surface area contributed by atoms with Crippen molar-refractivity contribution in [3.05, 3.63) is 35.1 Å². The van der Waals surface area contributed by atoms with Gasteiger partial charge in [-0.05, 0) is 23.8 Å². The second-order valence-electron chi connectivity index (χ2n) is 3.60. The lowest BCUT2D eigenvalue weighted by Crippen LogP contribution is -2.33. The number of carbonyl (C=O) groups is 1. The van der Waals surface area contributed by atoms with Gasteiger partial charge in [0.05, 0.1) is 18.7 Å². The molecule has 0 spiro atoms. The predicted octanol–water partition coefficient (Wildman–Crippen LogP) is 1.43. The highest BCUT2D eigenvalue weighted by Crippen LogP contribution is 2.16. The van der Waals surface area contributed by atoms with Crippen molar-refractivity contribution in [3.8, 4) is 6.07 Å². The fraction of sp³-hybridized carbons (Fsp3) is 0.333. The van der Waals surface area contributed by atoms with Gasteiger partial charge >= 0.3 is 5.97 Å². The van der Waals surface area contributed by atoms with E-state index in [-0.39, 0.29) is 5.56 Å². The molecule has 0 fully saturated rings. The third kappa shape index (κ3) is 4.35. The number of benzene rings is 1. The van der Waals surface area contributed by atoms with Gasteiger partial charge in [0, 0.05) is 11.5 Å². The molecule has 1 atom stereocenters. The zero-order valence-electron chi connectivity index (χ0n) is 9.85. The van der Waals surface area contributed by atoms with Crippen molar-refractivity contribution in [2.24, 2.45) is 5.73 Å². The van der Waals surface area contributed by atoms with E-state index in [4.69, 9.17) is 11.0 Å². The predicted molar refractivity (Wildman–Crippen MR) is 67.3 cm³/mol. The van der Waals surface area contributed by atoms with Gasteiger partial charge in [0.15, 0.2) is 0 Å². The third-order valence-electron chi connectivity index (χ3n) is 2.16. The van der Waals surface area contributed by atoms with Crippen molar-refractivity contribution in [2.45, 2.75) is 11.8 Å². The zero-order valence-corrected chi connectivity index (χ0v) is 10.7. The topological polar surface area (TPSA) is 76.1 Å². The number of nitrogens with two attached hydrogens (primary N) is 1. The molecular formula is C12H13FN2O2S. The van der Waals surface area contributed by atoms with Crippen LogP contribution in [-0.4, -0.2) is 24.9 Å². The highest BCUT2D eigenvalue weighted by Gasteiger charge is 2.13. The molecule has 18 heavy (non-hydrogen) atoms. The van der Waals surface area contributed by atoms with Gasteiger partial charge in [0.1, 0.15) is 11.9 Å². The van der Waals surface area contributed by atoms with Gasteiger partial charge in [-0.15, -0.1) is 0 Å². The summed E-state index contributed by atoms with van der Waals surface area (Å²) in [6.07, 6.45) is 0. The Balaban J connectivity index is 2.52. The number of nitriles is 1. The molecule has 0 heterocycles. The molecule has 0 saturated carbocycles. The van der Waals surface area contributed by atoms with E-state index in [1.54, 1.807) is 6.07 Å². The third-order valence-corrected chi connectivity index (χ3v) is 3.29. The van der Waals surface area contributed by atoms with Gasteiger partial charge in [0.25, 0.3) is 0 Å². The number of carbonyl (C=O) groups excluding carboxylic acids is 1. The Morgan fingerprint density at radius 2 is 2.33 bits per heavy atom. The van der Waals surface area contributed by atoms with E-state index in [1.807, 2.05) is 6.07 Å². The van der Waals surface area contributed by atoms with Crippen molar-refractivity contribution >= 4 is 17.7 Å². The molecule has 6 heteroatoms. The molecule has 0 amide bonds. The van der Waals surface area contributed by atoms with Crippen LogP contribution >= 0.6 is 11.8 Å². The van der Waals surface area contributed by atoms with E-state index >= 15 is 0 Å². The molecule has 0 radical (unpaired) electrons. The SMILES string of the molecule is COC(=O)C(N)CSCc1cc(F)cc(C#N)c1. The second-order valence-corrected chi connectivity index (χ2v) is 4.63. The Morgan fingerprint density at radius 1 is 1.61 bits per heavy atom. The summed E-state index contributed by atoms with van der Waals surface area (Å²) in [5.74, 6) is -0.0521. The summed E-state index contributed by atoms with van der Waals surface area (Å²) in [5, 5.41) is 8.70. The maximum atomic E-state index is 13.1. The van der Waals surface area contributed by atoms with E-state index in [1.165, 1.54) is 31.0 Å². The van der Waals surface area contributed by atoms with Crippen LogP contribution in [-0.2, 0) is 15.3 Å². The molecule has 0 saturated heterocycles. The van der Waals surface area contributed by atoms with Crippen LogP contribution in [0.4, 0.5) is 4.39 Å². The fourth-order valence-electron chi connectivity index (χ4n) is 1.32. The number of thioether (sulfide) groups is 1. The summed E-state index contributed by atoms with van der Waals surface area (Å²) < 4.78 is 17.6. The van der Waals surface area contributed by atoms with Crippen molar-refractivity contribution < 1.29 is 13.9 Å². The number of halogens is 1. The van der Waals surface area contributed by atoms with Crippen LogP contribution in [0.5, 0.6) is 0 Å². The van der Waals surface area contributed by atoms with Gasteiger partial charge in [0.2, 0.25) is 0 Å². The number of hydrogen-bond acceptors (Lipinski definition) is 5. The van der Waals surface area contributed by atoms with Crippen molar-refractivity contribution in [1.29, 1.82) is 5.26 Å². The minimum atomic E-state index is -0.691. The highest BCUT2D eigenvalue weighted by molar-refractivity contribution is 7.98. The van der Waals surface area contributed by atoms with Crippen LogP contribution in [0.1, 0.15) is 11.1 Å². The van der Waals surface area contributed by atoms with Gasteiger partial charge < -0.3 is 10.5 Å². The Bertz CT molecular complexity index is 474. The van der Waals surface area contributed by atoms with Crippen LogP contribution in [0.15, 0.2) is 18.2 Å². The van der Waals surface area contributed by atoms with Gasteiger partial charge in [-0.25, -0.2) is 4.39 Å². The van der Waals surface area contributed by atoms with Gasteiger partial charge in [-0.1, -0.05) is 0 Å². The summed E-state index contributed by atoms with van der Waals surface area (Å²) in [6.45, 7) is 0. The largest absolute Gasteiger partial charge is 0.468 e. The molecule has 2 N–H and O–H groups in total. The first kappa shape index (κ1) is 14.5. The summed E-state index contributed by atoms with van der Waals surface area (Å²) in [6, 6.07) is 5.34. The van der Waals surface area contributed by atoms with Crippen molar-refractivity contribution in [2.75, 3.05) is 12.9 Å². The standard InChI is InChI=1S/C12H13FN2O2S/c1-17-12(16)11(15)7-18-6-9-2-8(5-14)3-10(13)4-9/h2-4,11H,6-7,15H2,1H3. The number of hydrogen-bond donors (Lipinski definition) is 1. The molecule has 96 valence electrons. The molecule has 0 aliphatic carbocycles. The van der Waals surface area contributed by atoms with E-state index in [0.29, 0.717) is 17.1 Å². The number of methoxy groups -OCH3 is 1. The normalized spacial score (nSPS) is 11.7. The number of esters is 1. The lowest BCUT2D eigenvalue weighted by Gasteiger charge is -2.08. The zero-order chi connectivity index (χ0) is 13.5. The average molecular weight is 268 g/mol. The molecule has 0 aliphatic rings. The van der Waals surface area contributed by atoms with E-state index in [0.717, 1.165) is 0 Å². The molecule has 0 aromatic heterocycles. The Kier molecular flexibility index (Phi) is 5.62. The first-order chi connectivity index (χ1) is 8.56. The molecule has 1 aromatic carbocycles. The first-order valence-corrected chi connectivity index (χ1v) is 6.33. The monoisotopic (exact) mass is 268 g/mol. The quantitative estimate of drug-likeness (QED) is 0.817. The van der Waals surface area contributed by atoms with E-state index in [9.17, 15) is 9.18 Å². The number of rotatable bonds is 5. The highest BCUT2D eigenvalue weighted by atomic mass is 32.2. The molecule has 1 aromatic rings. The van der Waals surface area contributed by atoms with Gasteiger partial charge in [-0.3, -0.25) is 4.79 Å². The Hall–Kier alpha value is -1.58. The van der Waals surface area contributed by atoms with Crippen molar-refractivity contribution in [1.82, 2.24) is 0 Å². The lowest BCUT2D eigenvalue weighted by molar-refractivity contribution is -0.141. The van der Waals surface area contributed by atoms with Crippen LogP contribution in [0.2, 0.25) is 0 Å². The molecular weight excluding hydrogens is 255 g/mol. The number of ether oxygens (including phenoxy) is 1. The molecule has 0 bridgehead atoms. The summed E-state index contributed by atoms with van der Waals surface area (Å²) in [7, 11) is 1.28. The van der Waals surface area contributed by atoms with E-state index in [2.05, 4.69) is 4.74 Å². The smallest absolute Gasteiger partial charge is 0.323 e. The fourth-order valence-corrected chi connectivity index (χ4v) is 2.23. The molecule has 4 nitrogen and oxygen atoms in total. The summed E-state index contributed by atoms with van der Waals surface area (Å²) >= 11 is 1.38. The van der Waals surface area contributed by atoms with Crippen LogP contribution in [0.3, 0.4) is 0 Å².